The second-order valence-electron chi connectivity index (χ2n) is 7.34. The zero-order valence-electron chi connectivity index (χ0n) is 13.2. The maximum atomic E-state index is 11.3. The van der Waals surface area contributed by atoms with Crippen LogP contribution in [0.1, 0.15) is 64.3 Å². The van der Waals surface area contributed by atoms with Crippen LogP contribution in [0.2, 0.25) is 0 Å². The molecule has 4 heteroatoms. The molecule has 0 spiro atoms. The van der Waals surface area contributed by atoms with Crippen molar-refractivity contribution in [2.75, 3.05) is 0 Å². The van der Waals surface area contributed by atoms with Gasteiger partial charge in [0, 0.05) is 0 Å². The van der Waals surface area contributed by atoms with E-state index in [1.165, 1.54) is 0 Å². The lowest BCUT2D eigenvalue weighted by molar-refractivity contribution is -0.119. The number of amides is 1. The predicted molar refractivity (Wildman–Crippen MR) is 81.6 cm³/mol. The quantitative estimate of drug-likeness (QED) is 0.776. The maximum Gasteiger partial charge on any atom is 0.238 e. The van der Waals surface area contributed by atoms with E-state index in [1.54, 1.807) is 12.1 Å². The molecular weight excluding hydrogens is 252 g/mol. The molecule has 20 heavy (non-hydrogen) atoms. The minimum atomic E-state index is -0.863. The molecule has 0 aliphatic carbocycles. The monoisotopic (exact) mass is 278 g/mol. The third-order valence-corrected chi connectivity index (χ3v) is 3.41. The standard InChI is InChI=1S/C16H26N2O2/c1-15(2,3)10-7-9(12(17)14(18)20)8-11(13(10)19)16(4,5)6/h7-8,12,19H,17H2,1-6H3,(H2,18,20). The molecule has 0 saturated carbocycles. The third-order valence-electron chi connectivity index (χ3n) is 3.41. The summed E-state index contributed by atoms with van der Waals surface area (Å²) in [6.45, 7) is 12.0. The van der Waals surface area contributed by atoms with E-state index in [4.69, 9.17) is 11.5 Å². The highest BCUT2D eigenvalue weighted by molar-refractivity contribution is 5.81. The molecule has 4 nitrogen and oxygen atoms in total. The van der Waals surface area contributed by atoms with Crippen LogP contribution < -0.4 is 11.5 Å². The summed E-state index contributed by atoms with van der Waals surface area (Å²) in [7, 11) is 0. The van der Waals surface area contributed by atoms with Crippen molar-refractivity contribution in [3.8, 4) is 5.75 Å². The van der Waals surface area contributed by atoms with Crippen LogP contribution in [0.25, 0.3) is 0 Å². The molecule has 1 aromatic rings. The van der Waals surface area contributed by atoms with Gasteiger partial charge in [-0.25, -0.2) is 0 Å². The van der Waals surface area contributed by atoms with Crippen molar-refractivity contribution in [3.05, 3.63) is 28.8 Å². The summed E-state index contributed by atoms with van der Waals surface area (Å²) >= 11 is 0. The normalized spacial score (nSPS) is 14.2. The number of hydrogen-bond donors (Lipinski definition) is 3. The Morgan fingerprint density at radius 1 is 1.05 bits per heavy atom. The van der Waals surface area contributed by atoms with Crippen LogP contribution in [-0.2, 0) is 15.6 Å². The Balaban J connectivity index is 3.63. The Kier molecular flexibility index (Phi) is 4.20. The molecule has 0 radical (unpaired) electrons. The number of aromatic hydroxyl groups is 1. The second-order valence-corrected chi connectivity index (χ2v) is 7.34. The number of carbonyl (C=O) groups is 1. The van der Waals surface area contributed by atoms with Crippen LogP contribution in [-0.4, -0.2) is 11.0 Å². The molecule has 1 amide bonds. The van der Waals surface area contributed by atoms with Gasteiger partial charge in [0.1, 0.15) is 11.8 Å². The minimum absolute atomic E-state index is 0.253. The van der Waals surface area contributed by atoms with Crippen molar-refractivity contribution in [2.45, 2.75) is 58.4 Å². The first-order chi connectivity index (χ1) is 8.85. The van der Waals surface area contributed by atoms with Crippen molar-refractivity contribution in [1.82, 2.24) is 0 Å². The molecule has 0 aliphatic heterocycles. The molecule has 1 unspecified atom stereocenters. The average Bonchev–Trinajstić information content (AvgIpc) is 2.24. The van der Waals surface area contributed by atoms with Crippen molar-refractivity contribution in [2.24, 2.45) is 11.5 Å². The van der Waals surface area contributed by atoms with Gasteiger partial charge in [0.15, 0.2) is 0 Å². The summed E-state index contributed by atoms with van der Waals surface area (Å²) in [5, 5.41) is 10.5. The minimum Gasteiger partial charge on any atom is -0.507 e. The van der Waals surface area contributed by atoms with E-state index in [2.05, 4.69) is 0 Å². The van der Waals surface area contributed by atoms with Crippen LogP contribution in [0.15, 0.2) is 12.1 Å². The van der Waals surface area contributed by atoms with Gasteiger partial charge in [0.05, 0.1) is 0 Å². The van der Waals surface area contributed by atoms with Crippen molar-refractivity contribution < 1.29 is 9.90 Å². The fourth-order valence-corrected chi connectivity index (χ4v) is 2.14. The Morgan fingerprint density at radius 2 is 1.40 bits per heavy atom. The number of carbonyl (C=O) groups excluding carboxylic acids is 1. The Morgan fingerprint density at radius 3 is 1.65 bits per heavy atom. The smallest absolute Gasteiger partial charge is 0.238 e. The van der Waals surface area contributed by atoms with E-state index >= 15 is 0 Å². The highest BCUT2D eigenvalue weighted by Crippen LogP contribution is 2.40. The second kappa shape index (κ2) is 5.09. The van der Waals surface area contributed by atoms with Crippen LogP contribution in [0.5, 0.6) is 5.75 Å². The highest BCUT2D eigenvalue weighted by Gasteiger charge is 2.28. The molecule has 112 valence electrons. The number of hydrogen-bond acceptors (Lipinski definition) is 3. The fraction of sp³-hybridized carbons (Fsp3) is 0.562. The van der Waals surface area contributed by atoms with Gasteiger partial charge < -0.3 is 16.6 Å². The molecule has 0 aromatic heterocycles. The Labute approximate surface area is 121 Å². The molecule has 0 saturated heterocycles. The number of phenolic OH excluding ortho intramolecular Hbond substituents is 1. The predicted octanol–water partition coefficient (Wildman–Crippen LogP) is 2.47. The maximum absolute atomic E-state index is 11.3. The van der Waals surface area contributed by atoms with Gasteiger partial charge in [-0.15, -0.1) is 0 Å². The molecule has 0 aliphatic rings. The summed E-state index contributed by atoms with van der Waals surface area (Å²) in [6.07, 6.45) is 0. The van der Waals surface area contributed by atoms with Gasteiger partial charge >= 0.3 is 0 Å². The van der Waals surface area contributed by atoms with Gasteiger partial charge in [-0.1, -0.05) is 41.5 Å². The molecule has 1 atom stereocenters. The van der Waals surface area contributed by atoms with E-state index < -0.39 is 11.9 Å². The van der Waals surface area contributed by atoms with Gasteiger partial charge in [0.2, 0.25) is 5.91 Å². The van der Waals surface area contributed by atoms with Crippen LogP contribution in [0, 0.1) is 0 Å². The lowest BCUT2D eigenvalue weighted by Gasteiger charge is -2.29. The van der Waals surface area contributed by atoms with Crippen LogP contribution in [0.4, 0.5) is 0 Å². The SMILES string of the molecule is CC(C)(C)c1cc(C(N)C(N)=O)cc(C(C)(C)C)c1O. The molecule has 1 aromatic carbocycles. The molecule has 1 rings (SSSR count). The first-order valence-corrected chi connectivity index (χ1v) is 6.78. The lowest BCUT2D eigenvalue weighted by atomic mass is 9.77. The molecule has 5 N–H and O–H groups in total. The van der Waals surface area contributed by atoms with Gasteiger partial charge in [-0.2, -0.15) is 0 Å². The largest absolute Gasteiger partial charge is 0.507 e. The average molecular weight is 278 g/mol. The summed E-state index contributed by atoms with van der Waals surface area (Å²) in [6, 6.07) is 2.69. The molecule has 0 fully saturated rings. The Bertz CT molecular complexity index is 487. The zero-order valence-corrected chi connectivity index (χ0v) is 13.2. The number of phenols is 1. The van der Waals surface area contributed by atoms with Gasteiger partial charge in [-0.05, 0) is 39.7 Å². The molecule has 0 bridgehead atoms. The van der Waals surface area contributed by atoms with E-state index in [1.807, 2.05) is 41.5 Å². The summed E-state index contributed by atoms with van der Waals surface area (Å²) in [4.78, 5) is 11.3. The van der Waals surface area contributed by atoms with E-state index in [9.17, 15) is 9.90 Å². The zero-order chi connectivity index (χ0) is 15.9. The first kappa shape index (κ1) is 16.5. The third kappa shape index (κ3) is 3.31. The molecule has 0 heterocycles. The van der Waals surface area contributed by atoms with Gasteiger partial charge in [0.25, 0.3) is 0 Å². The number of nitrogens with two attached hydrogens (primary N) is 2. The topological polar surface area (TPSA) is 89.3 Å². The summed E-state index contributed by atoms with van der Waals surface area (Å²) in [5.41, 5.74) is 12.8. The van der Waals surface area contributed by atoms with Crippen molar-refractivity contribution >= 4 is 5.91 Å². The Hall–Kier alpha value is -1.55. The summed E-state index contributed by atoms with van der Waals surface area (Å²) in [5.74, 6) is -0.305. The number of primary amides is 1. The van der Waals surface area contributed by atoms with E-state index in [-0.39, 0.29) is 16.6 Å². The summed E-state index contributed by atoms with van der Waals surface area (Å²) < 4.78 is 0. The molecular formula is C16H26N2O2. The van der Waals surface area contributed by atoms with E-state index in [0.29, 0.717) is 5.56 Å². The van der Waals surface area contributed by atoms with Crippen molar-refractivity contribution in [1.29, 1.82) is 0 Å². The lowest BCUT2D eigenvalue weighted by Crippen LogP contribution is -2.29. The highest BCUT2D eigenvalue weighted by atomic mass is 16.3. The van der Waals surface area contributed by atoms with Gasteiger partial charge in [-0.3, -0.25) is 4.79 Å². The first-order valence-electron chi connectivity index (χ1n) is 6.78. The van der Waals surface area contributed by atoms with Crippen LogP contribution in [0.3, 0.4) is 0 Å². The van der Waals surface area contributed by atoms with Crippen molar-refractivity contribution in [3.63, 3.8) is 0 Å². The fourth-order valence-electron chi connectivity index (χ4n) is 2.14. The van der Waals surface area contributed by atoms with Crippen LogP contribution >= 0.6 is 0 Å². The van der Waals surface area contributed by atoms with E-state index in [0.717, 1.165) is 11.1 Å². The number of benzene rings is 1. The number of rotatable bonds is 2.